The van der Waals surface area contributed by atoms with Gasteiger partial charge in [0.25, 0.3) is 0 Å². The Morgan fingerprint density at radius 2 is 1.41 bits per heavy atom. The van der Waals surface area contributed by atoms with E-state index < -0.39 is 6.10 Å². The lowest BCUT2D eigenvalue weighted by Crippen LogP contribution is -2.30. The van der Waals surface area contributed by atoms with Crippen molar-refractivity contribution in [1.82, 2.24) is 10.3 Å². The molecule has 6 nitrogen and oxygen atoms in total. The molecule has 0 radical (unpaired) electrons. The van der Waals surface area contributed by atoms with Crippen LogP contribution >= 0.6 is 0 Å². The summed E-state index contributed by atoms with van der Waals surface area (Å²) in [4.78, 5) is 7.04. The van der Waals surface area contributed by atoms with Crippen LogP contribution < -0.4 is 19.7 Å². The number of hydrogen-bond donors (Lipinski definition) is 2. The summed E-state index contributed by atoms with van der Waals surface area (Å²) in [7, 11) is 3.35. The van der Waals surface area contributed by atoms with Crippen LogP contribution in [0.2, 0.25) is 0 Å². The number of nitrogens with zero attached hydrogens (tertiary/aromatic N) is 2. The quantitative estimate of drug-likeness (QED) is 0.467. The molecule has 0 bridgehead atoms. The first-order chi connectivity index (χ1) is 15.5. The van der Waals surface area contributed by atoms with Crippen molar-refractivity contribution in [2.75, 3.05) is 25.7 Å². The van der Waals surface area contributed by atoms with Gasteiger partial charge in [0.1, 0.15) is 17.3 Å². The van der Waals surface area contributed by atoms with Gasteiger partial charge in [0, 0.05) is 37.4 Å². The fraction of sp³-hybridized carbons (Fsp3) is 0.346. The van der Waals surface area contributed by atoms with Gasteiger partial charge in [-0.05, 0) is 55.3 Å². The van der Waals surface area contributed by atoms with E-state index in [1.807, 2.05) is 36.5 Å². The lowest BCUT2D eigenvalue weighted by molar-refractivity contribution is 0.187. The molecule has 0 saturated heterocycles. The van der Waals surface area contributed by atoms with Gasteiger partial charge in [-0.15, -0.1) is 0 Å². The Kier molecular flexibility index (Phi) is 8.48. The van der Waals surface area contributed by atoms with E-state index in [0.29, 0.717) is 19.6 Å². The minimum atomic E-state index is -0.410. The number of anilines is 1. The first kappa shape index (κ1) is 23.6. The van der Waals surface area contributed by atoms with Crippen LogP contribution in [0.4, 0.5) is 5.82 Å². The molecule has 6 heteroatoms. The van der Waals surface area contributed by atoms with E-state index in [2.05, 4.69) is 47.5 Å². The molecule has 3 aromatic rings. The monoisotopic (exact) mass is 435 g/mol. The average Bonchev–Trinajstić information content (AvgIpc) is 2.83. The molecule has 32 heavy (non-hydrogen) atoms. The van der Waals surface area contributed by atoms with E-state index in [1.54, 1.807) is 21.1 Å². The number of methoxy groups -OCH3 is 2. The normalized spacial score (nSPS) is 12.8. The number of aliphatic hydroxyl groups is 1. The van der Waals surface area contributed by atoms with E-state index >= 15 is 0 Å². The summed E-state index contributed by atoms with van der Waals surface area (Å²) >= 11 is 0. The van der Waals surface area contributed by atoms with Gasteiger partial charge < -0.3 is 24.8 Å². The lowest BCUT2D eigenvalue weighted by Gasteiger charge is -2.28. The van der Waals surface area contributed by atoms with Gasteiger partial charge in [-0.1, -0.05) is 30.3 Å². The van der Waals surface area contributed by atoms with Crippen LogP contribution in [0.15, 0.2) is 66.9 Å². The number of ether oxygens (including phenoxy) is 2. The molecule has 0 amide bonds. The number of hydrogen-bond acceptors (Lipinski definition) is 6. The maximum absolute atomic E-state index is 9.69. The molecule has 0 aliphatic rings. The summed E-state index contributed by atoms with van der Waals surface area (Å²) in [5, 5.41) is 13.1. The highest BCUT2D eigenvalue weighted by atomic mass is 16.5. The van der Waals surface area contributed by atoms with Crippen molar-refractivity contribution in [1.29, 1.82) is 0 Å². The number of rotatable bonds is 11. The highest BCUT2D eigenvalue weighted by Gasteiger charge is 2.18. The van der Waals surface area contributed by atoms with Crippen molar-refractivity contribution in [2.45, 2.75) is 39.1 Å². The standard InChI is InChI=1S/C26H33N3O3/c1-19(30)16-28-20(2)25-6-5-15-27-26(25)29(17-21-7-11-23(31-3)12-8-21)18-22-9-13-24(32-4)14-10-22/h5-15,19-20,28,30H,16-18H2,1-4H3. The molecule has 0 aliphatic carbocycles. The number of benzene rings is 2. The van der Waals surface area contributed by atoms with Crippen LogP contribution in [0.3, 0.4) is 0 Å². The van der Waals surface area contributed by atoms with E-state index in [9.17, 15) is 5.11 Å². The first-order valence-electron chi connectivity index (χ1n) is 10.9. The molecule has 0 fully saturated rings. The van der Waals surface area contributed by atoms with Gasteiger partial charge in [-0.25, -0.2) is 4.98 Å². The minimum Gasteiger partial charge on any atom is -0.497 e. The molecule has 3 rings (SSSR count). The molecule has 170 valence electrons. The second-order valence-corrected chi connectivity index (χ2v) is 7.95. The molecular formula is C26H33N3O3. The summed E-state index contributed by atoms with van der Waals surface area (Å²) in [6.45, 7) is 5.80. The summed E-state index contributed by atoms with van der Waals surface area (Å²) in [6.07, 6.45) is 1.42. The van der Waals surface area contributed by atoms with Gasteiger partial charge in [0.05, 0.1) is 20.3 Å². The van der Waals surface area contributed by atoms with E-state index in [0.717, 1.165) is 22.9 Å². The Labute approximate surface area is 190 Å². The SMILES string of the molecule is COc1ccc(CN(Cc2ccc(OC)cc2)c2ncccc2C(C)NCC(C)O)cc1. The predicted molar refractivity (Wildman–Crippen MR) is 128 cm³/mol. The molecular weight excluding hydrogens is 402 g/mol. The van der Waals surface area contributed by atoms with Crippen molar-refractivity contribution in [3.63, 3.8) is 0 Å². The third-order valence-corrected chi connectivity index (χ3v) is 5.37. The summed E-state index contributed by atoms with van der Waals surface area (Å²) < 4.78 is 10.6. The second kappa shape index (κ2) is 11.5. The maximum atomic E-state index is 9.69. The van der Waals surface area contributed by atoms with Crippen molar-refractivity contribution in [2.24, 2.45) is 0 Å². The summed E-state index contributed by atoms with van der Waals surface area (Å²) in [5.41, 5.74) is 3.43. The third-order valence-electron chi connectivity index (χ3n) is 5.37. The number of aliphatic hydroxyl groups excluding tert-OH is 1. The molecule has 2 unspecified atom stereocenters. The van der Waals surface area contributed by atoms with Gasteiger partial charge in [0.2, 0.25) is 0 Å². The molecule has 0 spiro atoms. The molecule has 2 N–H and O–H groups in total. The molecule has 2 atom stereocenters. The van der Waals surface area contributed by atoms with Crippen LogP contribution in [-0.2, 0) is 13.1 Å². The Bertz CT molecular complexity index is 909. The fourth-order valence-electron chi connectivity index (χ4n) is 3.58. The largest absolute Gasteiger partial charge is 0.497 e. The van der Waals surface area contributed by atoms with Crippen LogP contribution in [-0.4, -0.2) is 37.0 Å². The van der Waals surface area contributed by atoms with Gasteiger partial charge >= 0.3 is 0 Å². The van der Waals surface area contributed by atoms with Crippen LogP contribution in [0, 0.1) is 0 Å². The molecule has 1 aromatic heterocycles. The van der Waals surface area contributed by atoms with Crippen molar-refractivity contribution >= 4 is 5.82 Å². The zero-order chi connectivity index (χ0) is 22.9. The molecule has 1 heterocycles. The Balaban J connectivity index is 1.91. The number of aromatic nitrogens is 1. The van der Waals surface area contributed by atoms with Gasteiger partial charge in [-0.3, -0.25) is 0 Å². The number of nitrogens with one attached hydrogen (secondary N) is 1. The Morgan fingerprint density at radius 3 is 1.88 bits per heavy atom. The van der Waals surface area contributed by atoms with Gasteiger partial charge in [-0.2, -0.15) is 0 Å². The maximum Gasteiger partial charge on any atom is 0.133 e. The second-order valence-electron chi connectivity index (χ2n) is 7.95. The molecule has 0 aliphatic heterocycles. The highest BCUT2D eigenvalue weighted by molar-refractivity contribution is 5.50. The highest BCUT2D eigenvalue weighted by Crippen LogP contribution is 2.28. The Morgan fingerprint density at radius 1 is 0.875 bits per heavy atom. The topological polar surface area (TPSA) is 66.9 Å². The van der Waals surface area contributed by atoms with Crippen LogP contribution in [0.25, 0.3) is 0 Å². The lowest BCUT2D eigenvalue weighted by atomic mass is 10.1. The third kappa shape index (κ3) is 6.45. The summed E-state index contributed by atoms with van der Waals surface area (Å²) in [6, 6.07) is 20.3. The predicted octanol–water partition coefficient (Wildman–Crippen LogP) is 4.34. The molecule has 2 aromatic carbocycles. The zero-order valence-corrected chi connectivity index (χ0v) is 19.3. The van der Waals surface area contributed by atoms with E-state index in [1.165, 1.54) is 11.1 Å². The van der Waals surface area contributed by atoms with Crippen LogP contribution in [0.5, 0.6) is 11.5 Å². The van der Waals surface area contributed by atoms with Crippen molar-refractivity contribution in [3.8, 4) is 11.5 Å². The fourth-order valence-corrected chi connectivity index (χ4v) is 3.58. The van der Waals surface area contributed by atoms with E-state index in [4.69, 9.17) is 14.5 Å². The van der Waals surface area contributed by atoms with Crippen LogP contribution in [0.1, 0.15) is 36.6 Å². The summed E-state index contributed by atoms with van der Waals surface area (Å²) in [5.74, 6) is 2.60. The van der Waals surface area contributed by atoms with Crippen molar-refractivity contribution in [3.05, 3.63) is 83.6 Å². The smallest absolute Gasteiger partial charge is 0.133 e. The first-order valence-corrected chi connectivity index (χ1v) is 10.9. The van der Waals surface area contributed by atoms with Crippen molar-refractivity contribution < 1.29 is 14.6 Å². The Hall–Kier alpha value is -3.09. The zero-order valence-electron chi connectivity index (χ0n) is 19.3. The average molecular weight is 436 g/mol. The van der Waals surface area contributed by atoms with Gasteiger partial charge in [0.15, 0.2) is 0 Å². The molecule has 0 saturated carbocycles. The number of pyridine rings is 1. The van der Waals surface area contributed by atoms with E-state index in [-0.39, 0.29) is 6.04 Å². The minimum absolute atomic E-state index is 0.0440.